The summed E-state index contributed by atoms with van der Waals surface area (Å²) in [6.07, 6.45) is 8.77. The van der Waals surface area contributed by atoms with E-state index in [-0.39, 0.29) is 0 Å². The van der Waals surface area contributed by atoms with E-state index in [4.69, 9.17) is 4.42 Å². The summed E-state index contributed by atoms with van der Waals surface area (Å²) in [4.78, 5) is 9.34. The topological polar surface area (TPSA) is 37.4 Å². The zero-order valence-corrected chi connectivity index (χ0v) is 13.6. The van der Waals surface area contributed by atoms with E-state index in [1.807, 2.05) is 18.8 Å². The third-order valence-electron chi connectivity index (χ3n) is 4.65. The van der Waals surface area contributed by atoms with Crippen LogP contribution in [-0.4, -0.2) is 45.5 Å². The molecule has 5 heteroatoms. The fourth-order valence-electron chi connectivity index (χ4n) is 3.33. The van der Waals surface area contributed by atoms with E-state index in [0.717, 1.165) is 39.3 Å². The molecule has 2 aromatic heterocycles. The van der Waals surface area contributed by atoms with Crippen molar-refractivity contribution in [2.24, 2.45) is 0 Å². The number of furan rings is 1. The van der Waals surface area contributed by atoms with Crippen LogP contribution in [0.15, 0.2) is 35.5 Å². The summed E-state index contributed by atoms with van der Waals surface area (Å²) >= 11 is 0. The third-order valence-corrected chi connectivity index (χ3v) is 4.65. The zero-order valence-electron chi connectivity index (χ0n) is 13.6. The summed E-state index contributed by atoms with van der Waals surface area (Å²) < 4.78 is 7.56. The highest BCUT2D eigenvalue weighted by molar-refractivity contribution is 5.09. The molecule has 3 rings (SSSR count). The molecule has 1 atom stereocenters. The Bertz CT molecular complexity index is 559. The second kappa shape index (κ2) is 7.11. The lowest BCUT2D eigenvalue weighted by Crippen LogP contribution is -2.38. The Morgan fingerprint density at radius 3 is 2.95 bits per heavy atom. The van der Waals surface area contributed by atoms with E-state index < -0.39 is 0 Å². The Hall–Kier alpha value is -1.59. The van der Waals surface area contributed by atoms with E-state index in [9.17, 15) is 0 Å². The Balaban J connectivity index is 1.66. The molecule has 0 aromatic carbocycles. The van der Waals surface area contributed by atoms with E-state index in [0.29, 0.717) is 6.04 Å². The fraction of sp³-hybridized carbons (Fsp3) is 0.588. The molecule has 1 aliphatic rings. The fourth-order valence-corrected chi connectivity index (χ4v) is 3.33. The van der Waals surface area contributed by atoms with Crippen molar-refractivity contribution in [1.82, 2.24) is 19.4 Å². The summed E-state index contributed by atoms with van der Waals surface area (Å²) in [6.45, 7) is 10.9. The molecule has 0 fully saturated rings. The maximum absolute atomic E-state index is 5.19. The molecular weight excluding hydrogens is 276 g/mol. The van der Waals surface area contributed by atoms with Crippen molar-refractivity contribution in [3.63, 3.8) is 0 Å². The van der Waals surface area contributed by atoms with Gasteiger partial charge >= 0.3 is 0 Å². The highest BCUT2D eigenvalue weighted by Crippen LogP contribution is 2.25. The average Bonchev–Trinajstić information content (AvgIpc) is 3.19. The Kier molecular flexibility index (Phi) is 4.95. The molecule has 22 heavy (non-hydrogen) atoms. The van der Waals surface area contributed by atoms with Crippen molar-refractivity contribution in [2.75, 3.05) is 26.2 Å². The first-order valence-electron chi connectivity index (χ1n) is 8.26. The standard InChI is InChI=1S/C17H26N4O/c1-3-19(4-2)7-5-16-11-20(10-15-6-8-22-13-15)12-17-9-18-14-21(16)17/h6,8-9,13-14,16H,3-5,7,10-12H2,1-2H3/t16-/m0/s1. The van der Waals surface area contributed by atoms with Crippen LogP contribution in [0.5, 0.6) is 0 Å². The second-order valence-electron chi connectivity index (χ2n) is 6.06. The molecule has 0 N–H and O–H groups in total. The monoisotopic (exact) mass is 302 g/mol. The van der Waals surface area contributed by atoms with Crippen molar-refractivity contribution < 1.29 is 4.42 Å². The van der Waals surface area contributed by atoms with E-state index >= 15 is 0 Å². The number of nitrogens with zero attached hydrogens (tertiary/aromatic N) is 4. The first kappa shape index (κ1) is 15.3. The van der Waals surface area contributed by atoms with Gasteiger partial charge in [0.05, 0.1) is 24.5 Å². The summed E-state index contributed by atoms with van der Waals surface area (Å²) in [5.74, 6) is 0. The highest BCUT2D eigenvalue weighted by atomic mass is 16.3. The van der Waals surface area contributed by atoms with Gasteiger partial charge in [0.2, 0.25) is 0 Å². The van der Waals surface area contributed by atoms with E-state index in [1.54, 1.807) is 6.26 Å². The van der Waals surface area contributed by atoms with Crippen LogP contribution in [-0.2, 0) is 13.1 Å². The van der Waals surface area contributed by atoms with Gasteiger partial charge < -0.3 is 13.9 Å². The number of imidazole rings is 1. The quantitative estimate of drug-likeness (QED) is 0.788. The predicted molar refractivity (Wildman–Crippen MR) is 86.5 cm³/mol. The first-order valence-corrected chi connectivity index (χ1v) is 8.26. The lowest BCUT2D eigenvalue weighted by Gasteiger charge is -2.35. The molecule has 0 spiro atoms. The minimum absolute atomic E-state index is 0.513. The van der Waals surface area contributed by atoms with Crippen molar-refractivity contribution in [3.05, 3.63) is 42.4 Å². The van der Waals surface area contributed by atoms with E-state index in [2.05, 4.69) is 39.3 Å². The molecule has 0 saturated carbocycles. The summed E-state index contributed by atoms with van der Waals surface area (Å²) in [6, 6.07) is 2.57. The summed E-state index contributed by atoms with van der Waals surface area (Å²) in [5, 5.41) is 0. The zero-order chi connectivity index (χ0) is 15.4. The second-order valence-corrected chi connectivity index (χ2v) is 6.06. The van der Waals surface area contributed by atoms with Gasteiger partial charge in [-0.15, -0.1) is 0 Å². The van der Waals surface area contributed by atoms with Crippen molar-refractivity contribution in [2.45, 2.75) is 39.4 Å². The van der Waals surface area contributed by atoms with Gasteiger partial charge in [0.1, 0.15) is 0 Å². The van der Waals surface area contributed by atoms with Gasteiger partial charge in [-0.25, -0.2) is 4.98 Å². The van der Waals surface area contributed by atoms with Gasteiger partial charge in [-0.1, -0.05) is 13.8 Å². The highest BCUT2D eigenvalue weighted by Gasteiger charge is 2.25. The summed E-state index contributed by atoms with van der Waals surface area (Å²) in [7, 11) is 0. The van der Waals surface area contributed by atoms with Crippen molar-refractivity contribution in [1.29, 1.82) is 0 Å². The van der Waals surface area contributed by atoms with Gasteiger partial charge in [-0.3, -0.25) is 4.90 Å². The van der Waals surface area contributed by atoms with Crippen LogP contribution in [0.3, 0.4) is 0 Å². The predicted octanol–water partition coefficient (Wildman–Crippen LogP) is 2.76. The van der Waals surface area contributed by atoms with Crippen molar-refractivity contribution >= 4 is 0 Å². The lowest BCUT2D eigenvalue weighted by molar-refractivity contribution is 0.159. The van der Waals surface area contributed by atoms with Crippen LogP contribution < -0.4 is 0 Å². The van der Waals surface area contributed by atoms with E-state index in [1.165, 1.54) is 17.7 Å². The van der Waals surface area contributed by atoms with Crippen LogP contribution in [0, 0.1) is 0 Å². The molecule has 0 bridgehead atoms. The number of fused-ring (bicyclic) bond motifs is 1. The minimum atomic E-state index is 0.513. The molecule has 1 aliphatic heterocycles. The molecule has 0 radical (unpaired) electrons. The van der Waals surface area contributed by atoms with Crippen LogP contribution in [0.2, 0.25) is 0 Å². The maximum Gasteiger partial charge on any atom is 0.0951 e. The Labute approximate surface area is 132 Å². The number of hydrogen-bond acceptors (Lipinski definition) is 4. The van der Waals surface area contributed by atoms with Crippen LogP contribution in [0.25, 0.3) is 0 Å². The van der Waals surface area contributed by atoms with Crippen LogP contribution >= 0.6 is 0 Å². The largest absolute Gasteiger partial charge is 0.472 e. The molecule has 0 saturated heterocycles. The summed E-state index contributed by atoms with van der Waals surface area (Å²) in [5.41, 5.74) is 2.56. The first-order chi connectivity index (χ1) is 10.8. The SMILES string of the molecule is CCN(CC)CC[C@H]1CN(Cc2ccoc2)Cc2cncn21. The molecule has 5 nitrogen and oxygen atoms in total. The molecule has 0 amide bonds. The number of aromatic nitrogens is 2. The normalized spacial score (nSPS) is 18.8. The third kappa shape index (κ3) is 3.42. The maximum atomic E-state index is 5.19. The van der Waals surface area contributed by atoms with Gasteiger partial charge in [0.15, 0.2) is 0 Å². The molecule has 2 aromatic rings. The van der Waals surface area contributed by atoms with Gasteiger partial charge in [0, 0.05) is 44.0 Å². The Morgan fingerprint density at radius 2 is 2.23 bits per heavy atom. The molecule has 0 aliphatic carbocycles. The van der Waals surface area contributed by atoms with Gasteiger partial charge in [0.25, 0.3) is 0 Å². The number of hydrogen-bond donors (Lipinski definition) is 0. The van der Waals surface area contributed by atoms with Crippen LogP contribution in [0.1, 0.15) is 37.6 Å². The minimum Gasteiger partial charge on any atom is -0.472 e. The average molecular weight is 302 g/mol. The smallest absolute Gasteiger partial charge is 0.0951 e. The lowest BCUT2D eigenvalue weighted by atomic mass is 10.1. The Morgan fingerprint density at radius 1 is 1.36 bits per heavy atom. The molecular formula is C17H26N4O. The molecule has 0 unspecified atom stereocenters. The van der Waals surface area contributed by atoms with Crippen molar-refractivity contribution in [3.8, 4) is 0 Å². The van der Waals surface area contributed by atoms with Crippen LogP contribution in [0.4, 0.5) is 0 Å². The molecule has 3 heterocycles. The molecule has 120 valence electrons. The number of rotatable bonds is 7. The van der Waals surface area contributed by atoms with Gasteiger partial charge in [-0.05, 0) is 25.6 Å². The van der Waals surface area contributed by atoms with Gasteiger partial charge in [-0.2, -0.15) is 0 Å².